The van der Waals surface area contributed by atoms with Crippen LogP contribution in [0.5, 0.6) is 0 Å². The summed E-state index contributed by atoms with van der Waals surface area (Å²) in [6.07, 6.45) is 4.94. The summed E-state index contributed by atoms with van der Waals surface area (Å²) in [5, 5.41) is 5.59. The molecule has 0 spiro atoms. The SMILES string of the molecule is CC1(N)CCCCC1C(=O)NCCc1ccc2ccccc2c1.Cl. The second-order valence-corrected chi connectivity index (χ2v) is 7.03. The van der Waals surface area contributed by atoms with Gasteiger partial charge in [0.1, 0.15) is 0 Å². The van der Waals surface area contributed by atoms with Crippen molar-refractivity contribution >= 4 is 29.1 Å². The van der Waals surface area contributed by atoms with Crippen LogP contribution < -0.4 is 11.1 Å². The summed E-state index contributed by atoms with van der Waals surface area (Å²) >= 11 is 0. The Morgan fingerprint density at radius 2 is 1.96 bits per heavy atom. The monoisotopic (exact) mass is 346 g/mol. The van der Waals surface area contributed by atoms with E-state index in [0.717, 1.165) is 32.1 Å². The van der Waals surface area contributed by atoms with Crippen molar-refractivity contribution in [2.75, 3.05) is 6.54 Å². The molecule has 3 nitrogen and oxygen atoms in total. The molecule has 0 aromatic heterocycles. The fourth-order valence-electron chi connectivity index (χ4n) is 3.64. The largest absolute Gasteiger partial charge is 0.355 e. The first kappa shape index (κ1) is 18.8. The smallest absolute Gasteiger partial charge is 0.224 e. The van der Waals surface area contributed by atoms with Gasteiger partial charge in [-0.2, -0.15) is 0 Å². The van der Waals surface area contributed by atoms with E-state index in [4.69, 9.17) is 5.73 Å². The quantitative estimate of drug-likeness (QED) is 0.884. The normalized spacial score (nSPS) is 23.5. The van der Waals surface area contributed by atoms with Crippen LogP contribution in [0.2, 0.25) is 0 Å². The maximum atomic E-state index is 12.4. The summed E-state index contributed by atoms with van der Waals surface area (Å²) in [5.41, 5.74) is 7.20. The van der Waals surface area contributed by atoms with E-state index >= 15 is 0 Å². The van der Waals surface area contributed by atoms with E-state index in [-0.39, 0.29) is 29.8 Å². The predicted molar refractivity (Wildman–Crippen MR) is 102 cm³/mol. The van der Waals surface area contributed by atoms with Gasteiger partial charge in [0.05, 0.1) is 5.92 Å². The molecule has 3 rings (SSSR count). The number of carbonyl (C=O) groups excluding carboxylic acids is 1. The molecular weight excluding hydrogens is 320 g/mol. The van der Waals surface area contributed by atoms with Crippen LogP contribution in [0.3, 0.4) is 0 Å². The van der Waals surface area contributed by atoms with Gasteiger partial charge in [0.15, 0.2) is 0 Å². The number of rotatable bonds is 4. The van der Waals surface area contributed by atoms with Crippen LogP contribution in [0.25, 0.3) is 10.8 Å². The first-order valence-electron chi connectivity index (χ1n) is 8.60. The van der Waals surface area contributed by atoms with Gasteiger partial charge >= 0.3 is 0 Å². The fraction of sp³-hybridized carbons (Fsp3) is 0.450. The lowest BCUT2D eigenvalue weighted by molar-refractivity contribution is -0.128. The van der Waals surface area contributed by atoms with Crippen molar-refractivity contribution in [2.24, 2.45) is 11.7 Å². The van der Waals surface area contributed by atoms with E-state index in [2.05, 4.69) is 47.8 Å². The highest BCUT2D eigenvalue weighted by Crippen LogP contribution is 2.31. The van der Waals surface area contributed by atoms with Crippen LogP contribution in [-0.4, -0.2) is 18.0 Å². The summed E-state index contributed by atoms with van der Waals surface area (Å²) in [7, 11) is 0. The maximum Gasteiger partial charge on any atom is 0.224 e. The third-order valence-electron chi connectivity index (χ3n) is 5.10. The molecule has 0 heterocycles. The fourth-order valence-corrected chi connectivity index (χ4v) is 3.64. The van der Waals surface area contributed by atoms with Crippen LogP contribution in [0.1, 0.15) is 38.2 Å². The van der Waals surface area contributed by atoms with Gasteiger partial charge in [-0.3, -0.25) is 4.79 Å². The summed E-state index contributed by atoms with van der Waals surface area (Å²) in [4.78, 5) is 12.4. The third-order valence-corrected chi connectivity index (χ3v) is 5.10. The summed E-state index contributed by atoms with van der Waals surface area (Å²) in [5.74, 6) is 0.0725. The highest BCUT2D eigenvalue weighted by Gasteiger charge is 2.37. The number of nitrogens with two attached hydrogens (primary N) is 1. The van der Waals surface area contributed by atoms with Crippen molar-refractivity contribution < 1.29 is 4.79 Å². The molecule has 0 aliphatic heterocycles. The minimum absolute atomic E-state index is 0. The lowest BCUT2D eigenvalue weighted by Gasteiger charge is -2.37. The first-order chi connectivity index (χ1) is 11.1. The molecule has 0 bridgehead atoms. The highest BCUT2D eigenvalue weighted by molar-refractivity contribution is 5.85. The predicted octanol–water partition coefficient (Wildman–Crippen LogP) is 3.83. The van der Waals surface area contributed by atoms with E-state index in [9.17, 15) is 4.79 Å². The van der Waals surface area contributed by atoms with Gasteiger partial charge in [-0.05, 0) is 42.5 Å². The second-order valence-electron chi connectivity index (χ2n) is 7.03. The molecule has 24 heavy (non-hydrogen) atoms. The Labute approximate surface area is 150 Å². The average Bonchev–Trinajstić information content (AvgIpc) is 2.54. The minimum Gasteiger partial charge on any atom is -0.355 e. The van der Waals surface area contributed by atoms with Crippen molar-refractivity contribution in [1.29, 1.82) is 0 Å². The molecule has 1 aliphatic carbocycles. The molecule has 2 unspecified atom stereocenters. The van der Waals surface area contributed by atoms with Gasteiger partial charge < -0.3 is 11.1 Å². The molecule has 2 atom stereocenters. The third kappa shape index (κ3) is 4.28. The van der Waals surface area contributed by atoms with Gasteiger partial charge in [0.2, 0.25) is 5.91 Å². The number of hydrogen-bond acceptors (Lipinski definition) is 2. The lowest BCUT2D eigenvalue weighted by Crippen LogP contribution is -2.53. The van der Waals surface area contributed by atoms with Gasteiger partial charge in [-0.25, -0.2) is 0 Å². The molecular formula is C20H27ClN2O. The molecule has 1 saturated carbocycles. The number of benzene rings is 2. The van der Waals surface area contributed by atoms with Crippen LogP contribution >= 0.6 is 12.4 Å². The minimum atomic E-state index is -0.356. The van der Waals surface area contributed by atoms with Crippen molar-refractivity contribution in [3.05, 3.63) is 48.0 Å². The lowest BCUT2D eigenvalue weighted by atomic mass is 9.74. The summed E-state index contributed by atoms with van der Waals surface area (Å²) < 4.78 is 0. The Morgan fingerprint density at radius 1 is 1.21 bits per heavy atom. The molecule has 0 saturated heterocycles. The molecule has 2 aromatic carbocycles. The second kappa shape index (κ2) is 8.00. The van der Waals surface area contributed by atoms with Crippen LogP contribution in [0.4, 0.5) is 0 Å². The van der Waals surface area contributed by atoms with Gasteiger partial charge in [-0.1, -0.05) is 55.3 Å². The summed E-state index contributed by atoms with van der Waals surface area (Å²) in [6, 6.07) is 14.8. The molecule has 1 aliphatic rings. The zero-order valence-electron chi connectivity index (χ0n) is 14.3. The molecule has 3 N–H and O–H groups in total. The number of halogens is 1. The van der Waals surface area contributed by atoms with E-state index in [0.29, 0.717) is 6.54 Å². The van der Waals surface area contributed by atoms with E-state index < -0.39 is 0 Å². The Kier molecular flexibility index (Phi) is 6.25. The Morgan fingerprint density at radius 3 is 2.71 bits per heavy atom. The first-order valence-corrected chi connectivity index (χ1v) is 8.60. The van der Waals surface area contributed by atoms with E-state index in [1.807, 2.05) is 6.92 Å². The Balaban J connectivity index is 0.00000208. The maximum absolute atomic E-state index is 12.4. The number of carbonyl (C=O) groups is 1. The van der Waals surface area contributed by atoms with Crippen LogP contribution in [0, 0.1) is 5.92 Å². The Hall–Kier alpha value is -1.58. The standard InChI is InChI=1S/C20H26N2O.ClH/c1-20(21)12-5-4-8-18(20)19(23)22-13-11-15-9-10-16-6-2-3-7-17(16)14-15;/h2-3,6-7,9-10,14,18H,4-5,8,11-13,21H2,1H3,(H,22,23);1H. The molecule has 130 valence electrons. The summed E-state index contributed by atoms with van der Waals surface area (Å²) in [6.45, 7) is 2.68. The number of hydrogen-bond donors (Lipinski definition) is 2. The van der Waals surface area contributed by atoms with Crippen LogP contribution in [0.15, 0.2) is 42.5 Å². The number of amides is 1. The van der Waals surface area contributed by atoms with Crippen molar-refractivity contribution in [3.63, 3.8) is 0 Å². The molecule has 2 aromatic rings. The van der Waals surface area contributed by atoms with Gasteiger partial charge in [-0.15, -0.1) is 12.4 Å². The zero-order chi connectivity index (χ0) is 16.3. The molecule has 1 amide bonds. The topological polar surface area (TPSA) is 55.1 Å². The molecule has 0 radical (unpaired) electrons. The zero-order valence-corrected chi connectivity index (χ0v) is 15.1. The van der Waals surface area contributed by atoms with Crippen LogP contribution in [-0.2, 0) is 11.2 Å². The number of fused-ring (bicyclic) bond motifs is 1. The van der Waals surface area contributed by atoms with E-state index in [1.165, 1.54) is 16.3 Å². The molecule has 1 fully saturated rings. The molecule has 4 heteroatoms. The van der Waals surface area contributed by atoms with Crippen molar-refractivity contribution in [3.8, 4) is 0 Å². The van der Waals surface area contributed by atoms with Gasteiger partial charge in [0, 0.05) is 12.1 Å². The van der Waals surface area contributed by atoms with Crippen molar-refractivity contribution in [1.82, 2.24) is 5.32 Å². The van der Waals surface area contributed by atoms with E-state index in [1.54, 1.807) is 0 Å². The van der Waals surface area contributed by atoms with Gasteiger partial charge in [0.25, 0.3) is 0 Å². The average molecular weight is 347 g/mol. The highest BCUT2D eigenvalue weighted by atomic mass is 35.5. The number of nitrogens with one attached hydrogen (secondary N) is 1. The Bertz CT molecular complexity index is 699. The van der Waals surface area contributed by atoms with Crippen molar-refractivity contribution in [2.45, 2.75) is 44.6 Å².